The molecule has 5 heteroatoms. The Balaban J connectivity index is 2.74. The lowest BCUT2D eigenvalue weighted by atomic mass is 10.2. The molecule has 0 saturated heterocycles. The van der Waals surface area contributed by atoms with Crippen molar-refractivity contribution in [3.05, 3.63) is 24.3 Å². The molecule has 1 aromatic rings. The van der Waals surface area contributed by atoms with Crippen LogP contribution in [0.25, 0.3) is 0 Å². The zero-order valence-electron chi connectivity index (χ0n) is 7.67. The summed E-state index contributed by atoms with van der Waals surface area (Å²) in [5.41, 5.74) is 6.37. The molecule has 0 aromatic heterocycles. The second-order valence-electron chi connectivity index (χ2n) is 3.07. The summed E-state index contributed by atoms with van der Waals surface area (Å²) >= 11 is 0. The largest absolute Gasteiger partial charge is 0.405 e. The fourth-order valence-electron chi connectivity index (χ4n) is 1.12. The molecule has 0 atom stereocenters. The second kappa shape index (κ2) is 3.77. The molecular weight excluding hydrogens is 193 g/mol. The van der Waals surface area contributed by atoms with E-state index in [1.54, 1.807) is 18.2 Å². The highest BCUT2D eigenvalue weighted by molar-refractivity contribution is 5.55. The molecule has 0 amide bonds. The van der Waals surface area contributed by atoms with E-state index in [-0.39, 0.29) is 0 Å². The minimum Gasteiger partial charge on any atom is -0.399 e. The van der Waals surface area contributed by atoms with E-state index in [9.17, 15) is 13.2 Å². The first-order chi connectivity index (χ1) is 6.38. The summed E-state index contributed by atoms with van der Waals surface area (Å²) in [6.07, 6.45) is -4.20. The van der Waals surface area contributed by atoms with Crippen molar-refractivity contribution in [2.45, 2.75) is 6.18 Å². The van der Waals surface area contributed by atoms with Gasteiger partial charge in [0.1, 0.15) is 6.54 Å². The summed E-state index contributed by atoms with van der Waals surface area (Å²) in [4.78, 5) is 1.11. The molecule has 0 aliphatic carbocycles. The molecule has 78 valence electrons. The number of nitrogens with zero attached hydrogens (tertiary/aromatic N) is 1. The van der Waals surface area contributed by atoms with Crippen LogP contribution in [0.4, 0.5) is 24.5 Å². The van der Waals surface area contributed by atoms with Gasteiger partial charge in [0.25, 0.3) is 0 Å². The predicted octanol–water partition coefficient (Wildman–Crippen LogP) is 2.27. The number of alkyl halides is 3. The maximum Gasteiger partial charge on any atom is 0.405 e. The van der Waals surface area contributed by atoms with Gasteiger partial charge in [-0.2, -0.15) is 13.2 Å². The first-order valence-electron chi connectivity index (χ1n) is 4.02. The summed E-state index contributed by atoms with van der Waals surface area (Å²) in [7, 11) is 1.38. The molecule has 0 aliphatic heterocycles. The van der Waals surface area contributed by atoms with Gasteiger partial charge in [0.2, 0.25) is 0 Å². The minimum atomic E-state index is -4.20. The normalized spacial score (nSPS) is 11.4. The molecule has 14 heavy (non-hydrogen) atoms. The lowest BCUT2D eigenvalue weighted by molar-refractivity contribution is -0.119. The molecule has 0 aliphatic rings. The van der Waals surface area contributed by atoms with Crippen molar-refractivity contribution in [1.82, 2.24) is 0 Å². The van der Waals surface area contributed by atoms with Gasteiger partial charge in [0.15, 0.2) is 0 Å². The molecule has 0 bridgehead atoms. The summed E-state index contributed by atoms with van der Waals surface area (Å²) < 4.78 is 36.1. The highest BCUT2D eigenvalue weighted by Crippen LogP contribution is 2.21. The maximum absolute atomic E-state index is 12.0. The fourth-order valence-corrected chi connectivity index (χ4v) is 1.12. The van der Waals surface area contributed by atoms with E-state index in [0.717, 1.165) is 4.90 Å². The highest BCUT2D eigenvalue weighted by atomic mass is 19.4. The number of hydrogen-bond donors (Lipinski definition) is 1. The summed E-state index contributed by atoms with van der Waals surface area (Å²) in [6.45, 7) is -0.976. The third kappa shape index (κ3) is 3.16. The third-order valence-electron chi connectivity index (χ3n) is 1.73. The quantitative estimate of drug-likeness (QED) is 0.749. The smallest absolute Gasteiger partial charge is 0.399 e. The van der Waals surface area contributed by atoms with Gasteiger partial charge in [-0.15, -0.1) is 0 Å². The fraction of sp³-hybridized carbons (Fsp3) is 0.333. The number of anilines is 2. The van der Waals surface area contributed by atoms with Crippen LogP contribution in [0.3, 0.4) is 0 Å². The molecular formula is C9H11F3N2. The number of halogens is 3. The Kier molecular flexibility index (Phi) is 2.88. The average molecular weight is 204 g/mol. The van der Waals surface area contributed by atoms with Crippen LogP contribution in [0.1, 0.15) is 0 Å². The third-order valence-corrected chi connectivity index (χ3v) is 1.73. The van der Waals surface area contributed by atoms with E-state index < -0.39 is 12.7 Å². The van der Waals surface area contributed by atoms with E-state index in [4.69, 9.17) is 5.73 Å². The van der Waals surface area contributed by atoms with Gasteiger partial charge in [-0.05, 0) is 18.2 Å². The molecule has 0 fully saturated rings. The highest BCUT2D eigenvalue weighted by Gasteiger charge is 2.29. The lowest BCUT2D eigenvalue weighted by Crippen LogP contribution is -2.30. The number of hydrogen-bond acceptors (Lipinski definition) is 2. The molecule has 0 unspecified atom stereocenters. The zero-order chi connectivity index (χ0) is 10.8. The molecule has 0 spiro atoms. The van der Waals surface area contributed by atoms with Gasteiger partial charge in [-0.25, -0.2) is 0 Å². The van der Waals surface area contributed by atoms with Crippen LogP contribution in [0.2, 0.25) is 0 Å². The van der Waals surface area contributed by atoms with Crippen molar-refractivity contribution in [3.63, 3.8) is 0 Å². The van der Waals surface area contributed by atoms with Crippen LogP contribution >= 0.6 is 0 Å². The van der Waals surface area contributed by atoms with Gasteiger partial charge < -0.3 is 10.6 Å². The first kappa shape index (κ1) is 10.7. The molecule has 1 aromatic carbocycles. The van der Waals surface area contributed by atoms with Gasteiger partial charge in [-0.1, -0.05) is 6.07 Å². The van der Waals surface area contributed by atoms with Crippen molar-refractivity contribution in [2.75, 3.05) is 24.2 Å². The molecule has 2 nitrogen and oxygen atoms in total. The van der Waals surface area contributed by atoms with Crippen molar-refractivity contribution in [2.24, 2.45) is 0 Å². The van der Waals surface area contributed by atoms with Crippen LogP contribution in [0.5, 0.6) is 0 Å². The summed E-state index contributed by atoms with van der Waals surface area (Å²) in [5, 5.41) is 0. The van der Waals surface area contributed by atoms with E-state index >= 15 is 0 Å². The number of benzene rings is 1. The Hall–Kier alpha value is -1.39. The Morgan fingerprint density at radius 2 is 2.00 bits per heavy atom. The van der Waals surface area contributed by atoms with Gasteiger partial charge >= 0.3 is 6.18 Å². The van der Waals surface area contributed by atoms with E-state index in [2.05, 4.69) is 0 Å². The number of rotatable bonds is 2. The lowest BCUT2D eigenvalue weighted by Gasteiger charge is -2.20. The van der Waals surface area contributed by atoms with Crippen molar-refractivity contribution in [3.8, 4) is 0 Å². The Labute approximate surface area is 80.1 Å². The molecule has 2 N–H and O–H groups in total. The summed E-state index contributed by atoms with van der Waals surface area (Å²) in [5.74, 6) is 0. The maximum atomic E-state index is 12.0. The van der Waals surface area contributed by atoms with Crippen LogP contribution in [0.15, 0.2) is 24.3 Å². The Bertz CT molecular complexity index is 309. The van der Waals surface area contributed by atoms with Crippen LogP contribution in [0, 0.1) is 0 Å². The van der Waals surface area contributed by atoms with Gasteiger partial charge in [0, 0.05) is 18.4 Å². The van der Waals surface area contributed by atoms with Crippen LogP contribution in [-0.4, -0.2) is 19.8 Å². The molecule has 1 rings (SSSR count). The first-order valence-corrected chi connectivity index (χ1v) is 4.02. The summed E-state index contributed by atoms with van der Waals surface area (Å²) in [6, 6.07) is 6.34. The van der Waals surface area contributed by atoms with Gasteiger partial charge in [-0.3, -0.25) is 0 Å². The SMILES string of the molecule is CN(CC(F)(F)F)c1cccc(N)c1. The minimum absolute atomic E-state index is 0.455. The predicted molar refractivity (Wildman–Crippen MR) is 50.2 cm³/mol. The van der Waals surface area contributed by atoms with E-state index in [1.165, 1.54) is 13.1 Å². The van der Waals surface area contributed by atoms with E-state index in [1.807, 2.05) is 0 Å². The molecule has 0 saturated carbocycles. The van der Waals surface area contributed by atoms with Crippen LogP contribution in [-0.2, 0) is 0 Å². The van der Waals surface area contributed by atoms with Crippen molar-refractivity contribution in [1.29, 1.82) is 0 Å². The van der Waals surface area contributed by atoms with Gasteiger partial charge in [0.05, 0.1) is 0 Å². The molecule has 0 radical (unpaired) electrons. The van der Waals surface area contributed by atoms with Crippen LogP contribution < -0.4 is 10.6 Å². The zero-order valence-corrected chi connectivity index (χ0v) is 7.67. The Morgan fingerprint density at radius 3 is 2.50 bits per heavy atom. The second-order valence-corrected chi connectivity index (χ2v) is 3.07. The van der Waals surface area contributed by atoms with Crippen molar-refractivity contribution < 1.29 is 13.2 Å². The topological polar surface area (TPSA) is 29.3 Å². The number of nitrogen functional groups attached to an aromatic ring is 1. The average Bonchev–Trinajstić information content (AvgIpc) is 2.01. The van der Waals surface area contributed by atoms with E-state index in [0.29, 0.717) is 11.4 Å². The monoisotopic (exact) mass is 204 g/mol. The standard InChI is InChI=1S/C9H11F3N2/c1-14(6-9(10,11)12)8-4-2-3-7(13)5-8/h2-5H,6,13H2,1H3. The number of nitrogens with two attached hydrogens (primary N) is 1. The Morgan fingerprint density at radius 1 is 1.36 bits per heavy atom. The van der Waals surface area contributed by atoms with Crippen molar-refractivity contribution >= 4 is 11.4 Å². The molecule has 0 heterocycles.